The van der Waals surface area contributed by atoms with Gasteiger partial charge in [-0.1, -0.05) is 68.8 Å². The zero-order valence-corrected chi connectivity index (χ0v) is 16.6. The normalized spacial score (nSPS) is 19.0. The topological polar surface area (TPSA) is 66.5 Å². The lowest BCUT2D eigenvalue weighted by Gasteiger charge is -2.22. The molecule has 0 radical (unpaired) electrons. The fraction of sp³-hybridized carbons (Fsp3) is 0.348. The highest BCUT2D eigenvalue weighted by atomic mass is 16.2. The van der Waals surface area contributed by atoms with Gasteiger partial charge in [0.25, 0.3) is 5.91 Å². The van der Waals surface area contributed by atoms with E-state index in [9.17, 15) is 14.4 Å². The molecule has 1 atom stereocenters. The molecule has 3 amide bonds. The molecule has 1 heterocycles. The quantitative estimate of drug-likeness (QED) is 0.588. The van der Waals surface area contributed by atoms with E-state index in [0.29, 0.717) is 11.1 Å². The van der Waals surface area contributed by atoms with Crippen LogP contribution in [0.15, 0.2) is 48.5 Å². The largest absolute Gasteiger partial charge is 0.325 e. The molecule has 1 saturated heterocycles. The van der Waals surface area contributed by atoms with Gasteiger partial charge in [-0.2, -0.15) is 0 Å². The molecule has 0 aromatic heterocycles. The Morgan fingerprint density at radius 1 is 0.964 bits per heavy atom. The molecule has 0 saturated carbocycles. The van der Waals surface area contributed by atoms with Crippen LogP contribution < -0.4 is 5.32 Å². The molecule has 1 fully saturated rings. The van der Waals surface area contributed by atoms with Gasteiger partial charge in [0, 0.05) is 5.56 Å². The molecule has 2 aromatic carbocycles. The molecule has 5 heteroatoms. The van der Waals surface area contributed by atoms with Gasteiger partial charge in [-0.25, -0.2) is 4.79 Å². The summed E-state index contributed by atoms with van der Waals surface area (Å²) < 4.78 is 0. The number of aryl methyl sites for hydroxylation is 2. The molecule has 0 spiro atoms. The first-order valence-electron chi connectivity index (χ1n) is 9.74. The number of nitrogens with one attached hydrogen (secondary N) is 1. The number of amides is 3. The van der Waals surface area contributed by atoms with Crippen LogP contribution in [-0.4, -0.2) is 29.2 Å². The van der Waals surface area contributed by atoms with E-state index in [1.165, 1.54) is 5.56 Å². The first kappa shape index (κ1) is 19.8. The maximum atomic E-state index is 13.0. The fourth-order valence-electron chi connectivity index (χ4n) is 3.49. The maximum Gasteiger partial charge on any atom is 0.325 e. The number of hydrogen-bond donors (Lipinski definition) is 1. The average Bonchev–Trinajstić information content (AvgIpc) is 2.92. The zero-order chi connectivity index (χ0) is 20.3. The highest BCUT2D eigenvalue weighted by Gasteiger charge is 2.49. The second kappa shape index (κ2) is 7.97. The van der Waals surface area contributed by atoms with Crippen LogP contribution in [-0.2, 0) is 23.2 Å². The predicted molar refractivity (Wildman–Crippen MR) is 108 cm³/mol. The molecule has 1 aliphatic heterocycles. The van der Waals surface area contributed by atoms with Crippen molar-refractivity contribution in [1.82, 2.24) is 10.2 Å². The number of urea groups is 1. The molecule has 0 bridgehead atoms. The van der Waals surface area contributed by atoms with Gasteiger partial charge in [0.1, 0.15) is 5.54 Å². The summed E-state index contributed by atoms with van der Waals surface area (Å²) in [5.41, 5.74) is 2.37. The van der Waals surface area contributed by atoms with Crippen molar-refractivity contribution in [2.45, 2.75) is 45.6 Å². The number of Topliss-reactive ketones (excluding diaryl/α,β-unsaturated/α-hetero) is 1. The summed E-state index contributed by atoms with van der Waals surface area (Å²) in [5.74, 6) is -0.659. The summed E-state index contributed by atoms with van der Waals surface area (Å²) in [4.78, 5) is 39.1. The molecule has 0 unspecified atom stereocenters. The lowest BCUT2D eigenvalue weighted by atomic mass is 9.91. The van der Waals surface area contributed by atoms with Gasteiger partial charge in [0.2, 0.25) is 0 Å². The lowest BCUT2D eigenvalue weighted by Crippen LogP contribution is -2.41. The van der Waals surface area contributed by atoms with Crippen LogP contribution in [0.1, 0.15) is 54.2 Å². The van der Waals surface area contributed by atoms with E-state index >= 15 is 0 Å². The van der Waals surface area contributed by atoms with Gasteiger partial charge >= 0.3 is 6.03 Å². The van der Waals surface area contributed by atoms with Gasteiger partial charge in [-0.15, -0.1) is 0 Å². The van der Waals surface area contributed by atoms with Crippen LogP contribution >= 0.6 is 0 Å². The first-order chi connectivity index (χ1) is 13.4. The molecule has 2 aromatic rings. The Morgan fingerprint density at radius 3 is 2.14 bits per heavy atom. The summed E-state index contributed by atoms with van der Waals surface area (Å²) >= 11 is 0. The maximum absolute atomic E-state index is 13.0. The van der Waals surface area contributed by atoms with E-state index in [1.54, 1.807) is 19.1 Å². The number of nitrogens with zero attached hydrogens (tertiary/aromatic N) is 1. The number of rotatable bonds is 7. The van der Waals surface area contributed by atoms with Crippen molar-refractivity contribution in [1.29, 1.82) is 0 Å². The van der Waals surface area contributed by atoms with Crippen LogP contribution in [0.5, 0.6) is 0 Å². The van der Waals surface area contributed by atoms with E-state index in [4.69, 9.17) is 0 Å². The molecule has 1 aliphatic rings. The summed E-state index contributed by atoms with van der Waals surface area (Å²) in [6.07, 6.45) is 2.90. The smallest absolute Gasteiger partial charge is 0.319 e. The molecular formula is C23H26N2O3. The number of benzene rings is 2. The molecule has 146 valence electrons. The Kier molecular flexibility index (Phi) is 5.63. The van der Waals surface area contributed by atoms with E-state index < -0.39 is 17.5 Å². The third-order valence-corrected chi connectivity index (χ3v) is 5.33. The molecule has 0 aliphatic carbocycles. The van der Waals surface area contributed by atoms with Crippen molar-refractivity contribution in [2.75, 3.05) is 6.54 Å². The molecule has 5 nitrogen and oxygen atoms in total. The Balaban J connectivity index is 1.77. The van der Waals surface area contributed by atoms with E-state index in [1.807, 2.05) is 43.3 Å². The molecular weight excluding hydrogens is 352 g/mol. The zero-order valence-electron chi connectivity index (χ0n) is 16.6. The SMILES string of the molecule is CCCc1ccc([C@@]2(C)NC(=O)N(CC(=O)c3ccc(CC)cc3)C2=O)cc1. The Labute approximate surface area is 165 Å². The molecule has 28 heavy (non-hydrogen) atoms. The lowest BCUT2D eigenvalue weighted by molar-refractivity contribution is -0.130. The minimum atomic E-state index is -1.16. The average molecular weight is 378 g/mol. The summed E-state index contributed by atoms with van der Waals surface area (Å²) in [5, 5.41) is 2.76. The van der Waals surface area contributed by atoms with Crippen molar-refractivity contribution in [3.05, 3.63) is 70.8 Å². The van der Waals surface area contributed by atoms with E-state index in [0.717, 1.165) is 29.7 Å². The van der Waals surface area contributed by atoms with Gasteiger partial charge in [0.05, 0.1) is 6.54 Å². The monoisotopic (exact) mass is 378 g/mol. The van der Waals surface area contributed by atoms with Crippen molar-refractivity contribution < 1.29 is 14.4 Å². The third-order valence-electron chi connectivity index (χ3n) is 5.33. The second-order valence-electron chi connectivity index (χ2n) is 7.37. The number of carbonyl (C=O) groups excluding carboxylic acids is 3. The Hall–Kier alpha value is -2.95. The number of imide groups is 1. The number of carbonyl (C=O) groups is 3. The second-order valence-corrected chi connectivity index (χ2v) is 7.37. The van der Waals surface area contributed by atoms with Crippen LogP contribution in [0, 0.1) is 0 Å². The summed E-state index contributed by atoms with van der Waals surface area (Å²) in [6, 6.07) is 14.4. The van der Waals surface area contributed by atoms with E-state index in [-0.39, 0.29) is 12.3 Å². The Morgan fingerprint density at radius 2 is 1.57 bits per heavy atom. The van der Waals surface area contributed by atoms with Gasteiger partial charge < -0.3 is 5.32 Å². The van der Waals surface area contributed by atoms with Crippen molar-refractivity contribution in [3.63, 3.8) is 0 Å². The molecule has 3 rings (SSSR count). The molecule has 1 N–H and O–H groups in total. The summed E-state index contributed by atoms with van der Waals surface area (Å²) in [7, 11) is 0. The fourth-order valence-corrected chi connectivity index (χ4v) is 3.49. The summed E-state index contributed by atoms with van der Waals surface area (Å²) in [6.45, 7) is 5.57. The number of hydrogen-bond acceptors (Lipinski definition) is 3. The van der Waals surface area contributed by atoms with Crippen molar-refractivity contribution in [3.8, 4) is 0 Å². The minimum Gasteiger partial charge on any atom is -0.319 e. The highest BCUT2D eigenvalue weighted by Crippen LogP contribution is 2.29. The van der Waals surface area contributed by atoms with Crippen LogP contribution in [0.4, 0.5) is 4.79 Å². The van der Waals surface area contributed by atoms with Gasteiger partial charge in [-0.05, 0) is 36.5 Å². The van der Waals surface area contributed by atoms with Gasteiger partial charge in [0.15, 0.2) is 5.78 Å². The predicted octanol–water partition coefficient (Wildman–Crippen LogP) is 3.85. The van der Waals surface area contributed by atoms with Gasteiger partial charge in [-0.3, -0.25) is 14.5 Å². The third kappa shape index (κ3) is 3.70. The van der Waals surface area contributed by atoms with Crippen molar-refractivity contribution in [2.24, 2.45) is 0 Å². The van der Waals surface area contributed by atoms with Crippen LogP contribution in [0.3, 0.4) is 0 Å². The first-order valence-corrected chi connectivity index (χ1v) is 9.74. The number of ketones is 1. The van der Waals surface area contributed by atoms with Crippen LogP contribution in [0.25, 0.3) is 0 Å². The van der Waals surface area contributed by atoms with Crippen LogP contribution in [0.2, 0.25) is 0 Å². The Bertz CT molecular complexity index is 887. The van der Waals surface area contributed by atoms with E-state index in [2.05, 4.69) is 12.2 Å². The highest BCUT2D eigenvalue weighted by molar-refractivity contribution is 6.11. The standard InChI is InChI=1S/C23H26N2O3/c1-4-6-17-9-13-19(14-10-17)23(3)21(27)25(22(28)24-23)15-20(26)18-11-7-16(5-2)8-12-18/h7-14H,4-6,15H2,1-3H3,(H,24,28)/t23-/m1/s1. The van der Waals surface area contributed by atoms with Crippen molar-refractivity contribution >= 4 is 17.7 Å². The minimum absolute atomic E-state index is 0.256.